The highest BCUT2D eigenvalue weighted by atomic mass is 32.2. The Morgan fingerprint density at radius 3 is 1.58 bits per heavy atom. The molecular weight excluding hydrogens is 822 g/mol. The van der Waals surface area contributed by atoms with E-state index >= 15 is 0 Å². The SMILES string of the molecule is c1ccc([Si](c2ccccc2)(c2ccccc2)c2ccccc2-c2ccc3c(c2)Oc2cc(-c4ccccc4-n4c5ccccc5c5ccccc54)cc4c2B3Sc2ccccc2-4)cc1. The molecule has 3 heterocycles. The molecule has 0 bridgehead atoms. The summed E-state index contributed by atoms with van der Waals surface area (Å²) in [5.41, 5.74) is 13.1. The van der Waals surface area contributed by atoms with Crippen LogP contribution in [0.1, 0.15) is 0 Å². The van der Waals surface area contributed by atoms with Crippen LogP contribution in [0.15, 0.2) is 248 Å². The quantitative estimate of drug-likeness (QED) is 0.117. The standard InChI is InChI=1S/C60H40BNOSSi/c1-4-20-43(21-5-1)65(44-22-6-2-7-23-44,45-24-8-3-9-25-45)59-35-19-14-27-47(59)41-36-37-52-56(39-41)63-57-40-42(38-51-50-30-13-18-34-58(50)64-61(52)60(51)57)46-26-10-15-31-53(46)62-54-32-16-11-28-48(54)49-29-12-17-33-55(49)62/h1-40H. The van der Waals surface area contributed by atoms with Gasteiger partial charge in [-0.1, -0.05) is 200 Å². The Morgan fingerprint density at radius 1 is 0.400 bits per heavy atom. The van der Waals surface area contributed by atoms with Crippen molar-refractivity contribution in [2.75, 3.05) is 0 Å². The van der Waals surface area contributed by atoms with Crippen molar-refractivity contribution in [3.8, 4) is 50.6 Å². The molecule has 0 amide bonds. The zero-order valence-electron chi connectivity index (χ0n) is 35.4. The third-order valence-corrected chi connectivity index (χ3v) is 19.8. The van der Waals surface area contributed by atoms with E-state index in [4.69, 9.17) is 4.74 Å². The Hall–Kier alpha value is -7.57. The zero-order valence-corrected chi connectivity index (χ0v) is 37.3. The maximum Gasteiger partial charge on any atom is 0.289 e. The summed E-state index contributed by atoms with van der Waals surface area (Å²) in [5, 5.41) is 7.91. The van der Waals surface area contributed by atoms with E-state index in [1.165, 1.54) is 75.1 Å². The van der Waals surface area contributed by atoms with E-state index in [1.807, 2.05) is 11.6 Å². The fraction of sp³-hybridized carbons (Fsp3) is 0. The number of hydrogen-bond acceptors (Lipinski definition) is 2. The van der Waals surface area contributed by atoms with E-state index in [1.54, 1.807) is 0 Å². The molecule has 0 radical (unpaired) electrons. The molecular formula is C60H40BNOSSi. The van der Waals surface area contributed by atoms with E-state index < -0.39 is 8.07 Å². The summed E-state index contributed by atoms with van der Waals surface area (Å²) in [4.78, 5) is 1.29. The normalized spacial score (nSPS) is 12.6. The Balaban J connectivity index is 1.00. The molecule has 2 nitrogen and oxygen atoms in total. The van der Waals surface area contributed by atoms with Crippen molar-refractivity contribution in [3.05, 3.63) is 243 Å². The molecule has 0 saturated carbocycles. The van der Waals surface area contributed by atoms with Crippen molar-refractivity contribution < 1.29 is 4.74 Å². The summed E-state index contributed by atoms with van der Waals surface area (Å²) in [6.45, 7) is 0. The van der Waals surface area contributed by atoms with Gasteiger partial charge in [0.1, 0.15) is 11.5 Å². The summed E-state index contributed by atoms with van der Waals surface area (Å²) in [5.74, 6) is 1.91. The van der Waals surface area contributed by atoms with Gasteiger partial charge in [0.15, 0.2) is 8.07 Å². The molecule has 304 valence electrons. The van der Waals surface area contributed by atoms with Crippen LogP contribution in [0.5, 0.6) is 11.5 Å². The summed E-state index contributed by atoms with van der Waals surface area (Å²) in [7, 11) is -2.83. The highest BCUT2D eigenvalue weighted by Crippen LogP contribution is 2.46. The van der Waals surface area contributed by atoms with E-state index in [0.717, 1.165) is 33.9 Å². The maximum atomic E-state index is 7.31. The molecule has 2 aliphatic heterocycles. The van der Waals surface area contributed by atoms with Gasteiger partial charge in [0.05, 0.1) is 16.7 Å². The third kappa shape index (κ3) is 5.89. The van der Waals surface area contributed by atoms with Crippen LogP contribution < -0.4 is 36.4 Å². The zero-order chi connectivity index (χ0) is 42.9. The maximum absolute atomic E-state index is 7.31. The van der Waals surface area contributed by atoms with Gasteiger partial charge < -0.3 is 9.30 Å². The molecule has 10 aromatic carbocycles. The number of para-hydroxylation sites is 3. The van der Waals surface area contributed by atoms with Crippen LogP contribution in [0.25, 0.3) is 60.9 Å². The second-order valence-corrected chi connectivity index (χ2v) is 22.0. The lowest BCUT2D eigenvalue weighted by Gasteiger charge is -2.36. The summed E-state index contributed by atoms with van der Waals surface area (Å²) >= 11 is 1.94. The molecule has 0 unspecified atom stereocenters. The highest BCUT2D eigenvalue weighted by Gasteiger charge is 2.44. The van der Waals surface area contributed by atoms with Crippen LogP contribution in [-0.4, -0.2) is 18.6 Å². The number of rotatable bonds is 7. The predicted molar refractivity (Wildman–Crippen MR) is 278 cm³/mol. The first-order valence-corrected chi connectivity index (χ1v) is 25.2. The second-order valence-electron chi connectivity index (χ2n) is 17.1. The summed E-state index contributed by atoms with van der Waals surface area (Å²) < 4.78 is 9.74. The lowest BCUT2D eigenvalue weighted by molar-refractivity contribution is 0.488. The topological polar surface area (TPSA) is 14.2 Å². The molecule has 0 fully saturated rings. The number of fused-ring (bicyclic) bond motifs is 7. The Labute approximate surface area is 384 Å². The van der Waals surface area contributed by atoms with Crippen molar-refractivity contribution in [1.29, 1.82) is 0 Å². The first kappa shape index (κ1) is 37.9. The van der Waals surface area contributed by atoms with E-state index in [-0.39, 0.29) is 5.99 Å². The number of hydrogen-bond donors (Lipinski definition) is 0. The molecule has 0 aliphatic carbocycles. The molecule has 0 atom stereocenters. The van der Waals surface area contributed by atoms with Crippen LogP contribution in [0.3, 0.4) is 0 Å². The minimum Gasteiger partial charge on any atom is -0.458 e. The van der Waals surface area contributed by atoms with Crippen LogP contribution in [-0.2, 0) is 0 Å². The van der Waals surface area contributed by atoms with Gasteiger partial charge in [-0.05, 0) is 102 Å². The largest absolute Gasteiger partial charge is 0.458 e. The lowest BCUT2D eigenvalue weighted by Crippen LogP contribution is -2.75. The first-order chi connectivity index (χ1) is 32.3. The average Bonchev–Trinajstić information content (AvgIpc) is 3.72. The fourth-order valence-corrected chi connectivity index (χ4v) is 17.3. The summed E-state index contributed by atoms with van der Waals surface area (Å²) in [6, 6.07) is 89.6. The van der Waals surface area contributed by atoms with Gasteiger partial charge in [0, 0.05) is 21.2 Å². The van der Waals surface area contributed by atoms with Crippen LogP contribution in [0, 0.1) is 0 Å². The van der Waals surface area contributed by atoms with Crippen molar-refractivity contribution in [3.63, 3.8) is 0 Å². The van der Waals surface area contributed by atoms with Crippen LogP contribution in [0.2, 0.25) is 0 Å². The number of ether oxygens (including phenoxy) is 1. The Bertz CT molecular complexity index is 3480. The van der Waals surface area contributed by atoms with Gasteiger partial charge in [-0.25, -0.2) is 0 Å². The van der Waals surface area contributed by atoms with Gasteiger partial charge >= 0.3 is 0 Å². The molecule has 11 aromatic rings. The molecule has 1 aromatic heterocycles. The molecule has 0 saturated heterocycles. The second kappa shape index (κ2) is 15.3. The average molecular weight is 862 g/mol. The van der Waals surface area contributed by atoms with Gasteiger partial charge in [0.2, 0.25) is 0 Å². The molecule has 2 aliphatic rings. The number of aromatic nitrogens is 1. The highest BCUT2D eigenvalue weighted by molar-refractivity contribution is 8.28. The molecule has 13 rings (SSSR count). The smallest absolute Gasteiger partial charge is 0.289 e. The monoisotopic (exact) mass is 861 g/mol. The number of nitrogens with zero attached hydrogens (tertiary/aromatic N) is 1. The predicted octanol–water partition coefficient (Wildman–Crippen LogP) is 11.5. The number of benzene rings is 10. The van der Waals surface area contributed by atoms with Gasteiger partial charge in [-0.2, -0.15) is 11.6 Å². The van der Waals surface area contributed by atoms with Gasteiger partial charge in [0.25, 0.3) is 5.99 Å². The van der Waals surface area contributed by atoms with Gasteiger partial charge in [-0.15, -0.1) is 0 Å². The van der Waals surface area contributed by atoms with Crippen molar-refractivity contribution in [2.45, 2.75) is 4.90 Å². The van der Waals surface area contributed by atoms with Crippen LogP contribution in [0.4, 0.5) is 0 Å². The van der Waals surface area contributed by atoms with Crippen molar-refractivity contribution in [2.24, 2.45) is 0 Å². The molecule has 0 N–H and O–H groups in total. The minimum atomic E-state index is -2.83. The molecule has 65 heavy (non-hydrogen) atoms. The Kier molecular flexibility index (Phi) is 8.93. The minimum absolute atomic E-state index is 0.0796. The fourth-order valence-electron chi connectivity index (χ4n) is 10.9. The van der Waals surface area contributed by atoms with Crippen molar-refractivity contribution >= 4 is 79.2 Å². The van der Waals surface area contributed by atoms with E-state index in [2.05, 4.69) is 247 Å². The lowest BCUT2D eigenvalue weighted by atomic mass is 9.57. The van der Waals surface area contributed by atoms with E-state index in [9.17, 15) is 0 Å². The summed E-state index contributed by atoms with van der Waals surface area (Å²) in [6.07, 6.45) is 0. The molecule has 0 spiro atoms. The third-order valence-electron chi connectivity index (χ3n) is 13.6. The molecule has 5 heteroatoms. The first-order valence-electron chi connectivity index (χ1n) is 22.4. The van der Waals surface area contributed by atoms with Crippen LogP contribution >= 0.6 is 11.6 Å². The van der Waals surface area contributed by atoms with E-state index in [0.29, 0.717) is 0 Å². The Morgan fingerprint density at radius 2 is 0.923 bits per heavy atom. The van der Waals surface area contributed by atoms with Gasteiger partial charge in [-0.3, -0.25) is 0 Å². The van der Waals surface area contributed by atoms with Crippen molar-refractivity contribution in [1.82, 2.24) is 4.57 Å².